The SMILES string of the molecule is CCN1CC(c2ccc(Nc3cc(-c4cc(F)cc(N5CCc6c(sc7c6CC(C)(C)C7)C5=O)c4COC(C)=O)cn(C)c3=O)nc2)C1. The topological polar surface area (TPSA) is 96.8 Å². The number of benzene rings is 1. The Morgan fingerprint density at radius 2 is 1.94 bits per heavy atom. The fraction of sp³-hybridized carbons (Fsp3) is 0.405. The van der Waals surface area contributed by atoms with Gasteiger partial charge >= 0.3 is 5.97 Å². The average molecular weight is 670 g/mol. The predicted octanol–water partition coefficient (Wildman–Crippen LogP) is 6.20. The van der Waals surface area contributed by atoms with Crippen molar-refractivity contribution in [1.29, 1.82) is 0 Å². The number of hydrogen-bond acceptors (Lipinski definition) is 8. The molecule has 1 fully saturated rings. The fourth-order valence-electron chi connectivity index (χ4n) is 7.28. The van der Waals surface area contributed by atoms with Crippen molar-refractivity contribution in [3.63, 3.8) is 0 Å². The Morgan fingerprint density at radius 3 is 2.65 bits per heavy atom. The maximum Gasteiger partial charge on any atom is 0.302 e. The van der Waals surface area contributed by atoms with Crippen molar-refractivity contribution in [2.75, 3.05) is 36.4 Å². The van der Waals surface area contributed by atoms with Gasteiger partial charge in [-0.05, 0) is 77.7 Å². The van der Waals surface area contributed by atoms with Crippen LogP contribution in [-0.2, 0) is 42.4 Å². The van der Waals surface area contributed by atoms with Crippen LogP contribution in [0.25, 0.3) is 11.1 Å². The number of nitrogens with zero attached hydrogens (tertiary/aromatic N) is 4. The molecular formula is C37H40FN5O4S. The summed E-state index contributed by atoms with van der Waals surface area (Å²) in [4.78, 5) is 49.9. The molecule has 3 aliphatic rings. The fourth-order valence-corrected chi connectivity index (χ4v) is 8.86. The summed E-state index contributed by atoms with van der Waals surface area (Å²) < 4.78 is 22.5. The van der Waals surface area contributed by atoms with E-state index in [-0.39, 0.29) is 29.2 Å². The molecule has 1 aliphatic carbocycles. The molecule has 3 aromatic heterocycles. The molecule has 0 radical (unpaired) electrons. The molecule has 0 spiro atoms. The summed E-state index contributed by atoms with van der Waals surface area (Å²) in [5.74, 6) is -0.246. The summed E-state index contributed by atoms with van der Waals surface area (Å²) in [6.07, 6.45) is 6.02. The van der Waals surface area contributed by atoms with E-state index in [1.807, 2.05) is 18.3 Å². The highest BCUT2D eigenvalue weighted by Crippen LogP contribution is 2.46. The first-order valence-corrected chi connectivity index (χ1v) is 17.3. The first kappa shape index (κ1) is 32.2. The van der Waals surface area contributed by atoms with Crippen molar-refractivity contribution >= 4 is 40.4 Å². The lowest BCUT2D eigenvalue weighted by Gasteiger charge is -2.38. The number of rotatable bonds is 8. The summed E-state index contributed by atoms with van der Waals surface area (Å²) >= 11 is 1.55. The van der Waals surface area contributed by atoms with Crippen LogP contribution in [0.2, 0.25) is 0 Å². The second kappa shape index (κ2) is 12.3. The Balaban J connectivity index is 1.24. The van der Waals surface area contributed by atoms with E-state index in [9.17, 15) is 14.4 Å². The molecule has 250 valence electrons. The average Bonchev–Trinajstić information content (AvgIpc) is 3.51. The molecular weight excluding hydrogens is 630 g/mol. The minimum absolute atomic E-state index is 0.169. The van der Waals surface area contributed by atoms with E-state index in [1.165, 1.54) is 34.1 Å². The van der Waals surface area contributed by atoms with E-state index in [0.717, 1.165) is 43.6 Å². The van der Waals surface area contributed by atoms with E-state index < -0.39 is 11.8 Å². The Hall–Kier alpha value is -4.35. The van der Waals surface area contributed by atoms with Gasteiger partial charge in [0.15, 0.2) is 0 Å². The van der Waals surface area contributed by atoms with Crippen molar-refractivity contribution in [2.45, 2.75) is 59.5 Å². The van der Waals surface area contributed by atoms with E-state index in [4.69, 9.17) is 4.74 Å². The minimum atomic E-state index is -0.543. The van der Waals surface area contributed by atoms with Crippen LogP contribution >= 0.6 is 11.3 Å². The van der Waals surface area contributed by atoms with Gasteiger partial charge in [0.25, 0.3) is 11.5 Å². The summed E-state index contributed by atoms with van der Waals surface area (Å²) in [6.45, 7) is 11.2. The number of aryl methyl sites for hydroxylation is 1. The number of carbonyl (C=O) groups is 2. The number of likely N-dealkylation sites (N-methyl/N-ethyl adjacent to an activating group) is 1. The van der Waals surface area contributed by atoms with Crippen LogP contribution in [0.1, 0.15) is 70.4 Å². The monoisotopic (exact) mass is 669 g/mol. The molecule has 0 saturated carbocycles. The number of carbonyl (C=O) groups excluding carboxylic acids is 2. The molecule has 5 heterocycles. The van der Waals surface area contributed by atoms with Crippen LogP contribution in [0.4, 0.5) is 21.6 Å². The van der Waals surface area contributed by atoms with E-state index in [2.05, 4.69) is 36.0 Å². The van der Waals surface area contributed by atoms with Gasteiger partial charge in [-0.2, -0.15) is 0 Å². The number of aromatic nitrogens is 2. The number of amides is 1. The van der Waals surface area contributed by atoms with E-state index >= 15 is 4.39 Å². The highest BCUT2D eigenvalue weighted by atomic mass is 32.1. The zero-order valence-electron chi connectivity index (χ0n) is 28.0. The smallest absolute Gasteiger partial charge is 0.302 e. The zero-order valence-corrected chi connectivity index (χ0v) is 28.8. The number of hydrogen-bond donors (Lipinski definition) is 1. The normalized spacial score (nSPS) is 17.2. The molecule has 9 nitrogen and oxygen atoms in total. The predicted molar refractivity (Wildman–Crippen MR) is 186 cm³/mol. The van der Waals surface area contributed by atoms with Crippen LogP contribution in [0.15, 0.2) is 47.5 Å². The highest BCUT2D eigenvalue weighted by Gasteiger charge is 2.39. The standard InChI is InChI=1S/C37H40FN5O4S/c1-6-42-18-24(19-42)22-7-8-33(39-16-22)40-30-11-23(17-41(5)35(30)45)27-12-25(38)13-31(29(27)20-47-21(2)44)43-10-9-26-28-14-37(3,4)15-32(28)48-34(26)36(43)46/h7-8,11-13,16-17,24H,6,9-10,14-15,18-20H2,1-5H3,(H,39,40). The Labute approximate surface area is 283 Å². The largest absolute Gasteiger partial charge is 0.461 e. The van der Waals surface area contributed by atoms with Crippen LogP contribution in [0.5, 0.6) is 0 Å². The van der Waals surface area contributed by atoms with Crippen molar-refractivity contribution in [3.05, 3.63) is 90.9 Å². The lowest BCUT2D eigenvalue weighted by Crippen LogP contribution is -2.44. The van der Waals surface area contributed by atoms with Crippen molar-refractivity contribution in [3.8, 4) is 11.1 Å². The zero-order chi connectivity index (χ0) is 33.9. The molecule has 2 aliphatic heterocycles. The summed E-state index contributed by atoms with van der Waals surface area (Å²) in [5.41, 5.74) is 5.52. The molecule has 1 saturated heterocycles. The second-order valence-electron chi connectivity index (χ2n) is 14.0. The lowest BCUT2D eigenvalue weighted by atomic mass is 9.89. The number of halogens is 1. The van der Waals surface area contributed by atoms with Gasteiger partial charge in [0.1, 0.15) is 23.9 Å². The number of likely N-dealkylation sites (tertiary alicyclic amines) is 1. The van der Waals surface area contributed by atoms with Crippen LogP contribution in [-0.4, -0.2) is 52.5 Å². The molecule has 0 atom stereocenters. The van der Waals surface area contributed by atoms with Gasteiger partial charge in [-0.3, -0.25) is 14.4 Å². The number of esters is 1. The molecule has 1 N–H and O–H groups in total. The molecule has 11 heteroatoms. The number of anilines is 3. The second-order valence-corrected chi connectivity index (χ2v) is 15.1. The Morgan fingerprint density at radius 1 is 1.15 bits per heavy atom. The lowest BCUT2D eigenvalue weighted by molar-refractivity contribution is -0.142. The summed E-state index contributed by atoms with van der Waals surface area (Å²) in [6, 6.07) is 8.24. The molecule has 0 unspecified atom stereocenters. The number of nitrogens with one attached hydrogen (secondary N) is 1. The Bertz CT molecular complexity index is 1990. The van der Waals surface area contributed by atoms with Crippen LogP contribution < -0.4 is 15.8 Å². The van der Waals surface area contributed by atoms with Gasteiger partial charge in [0.2, 0.25) is 0 Å². The molecule has 1 aromatic carbocycles. The van der Waals surface area contributed by atoms with Crippen molar-refractivity contribution < 1.29 is 18.7 Å². The maximum atomic E-state index is 15.6. The third-order valence-electron chi connectivity index (χ3n) is 9.84. The number of ether oxygens (including phenoxy) is 1. The van der Waals surface area contributed by atoms with Crippen molar-refractivity contribution in [2.24, 2.45) is 12.5 Å². The number of pyridine rings is 2. The maximum absolute atomic E-state index is 15.6. The summed E-state index contributed by atoms with van der Waals surface area (Å²) in [5, 5.41) is 3.15. The molecule has 48 heavy (non-hydrogen) atoms. The molecule has 4 aromatic rings. The van der Waals surface area contributed by atoms with Crippen LogP contribution in [0, 0.1) is 11.2 Å². The van der Waals surface area contributed by atoms with Gasteiger partial charge in [0.05, 0.1) is 10.6 Å². The van der Waals surface area contributed by atoms with E-state index in [1.54, 1.807) is 35.5 Å². The number of thiophene rings is 1. The van der Waals surface area contributed by atoms with E-state index in [0.29, 0.717) is 52.0 Å². The van der Waals surface area contributed by atoms with Gasteiger partial charge < -0.3 is 24.4 Å². The first-order chi connectivity index (χ1) is 22.9. The highest BCUT2D eigenvalue weighted by molar-refractivity contribution is 7.14. The summed E-state index contributed by atoms with van der Waals surface area (Å²) in [7, 11) is 1.63. The molecule has 7 rings (SSSR count). The van der Waals surface area contributed by atoms with Crippen LogP contribution in [0.3, 0.4) is 0 Å². The Kier molecular flexibility index (Phi) is 8.23. The third-order valence-corrected chi connectivity index (χ3v) is 11.1. The van der Waals surface area contributed by atoms with Gasteiger partial charge in [-0.15, -0.1) is 11.3 Å². The van der Waals surface area contributed by atoms with Gasteiger partial charge in [0, 0.05) is 67.9 Å². The first-order valence-electron chi connectivity index (χ1n) is 16.5. The quantitative estimate of drug-likeness (QED) is 0.223. The van der Waals surface area contributed by atoms with Crippen molar-refractivity contribution in [1.82, 2.24) is 14.5 Å². The van der Waals surface area contributed by atoms with Gasteiger partial charge in [-0.25, -0.2) is 9.37 Å². The third kappa shape index (κ3) is 5.94. The minimum Gasteiger partial charge on any atom is -0.461 e. The van der Waals surface area contributed by atoms with Gasteiger partial charge in [-0.1, -0.05) is 26.8 Å². The molecule has 1 amide bonds. The number of fused-ring (bicyclic) bond motifs is 3. The molecule has 0 bridgehead atoms.